The number of benzene rings is 1. The first-order valence-corrected chi connectivity index (χ1v) is 5.99. The second-order valence-corrected chi connectivity index (χ2v) is 4.19. The van der Waals surface area contributed by atoms with Crippen LogP contribution in [0.1, 0.15) is 6.92 Å². The van der Waals surface area contributed by atoms with E-state index in [1.54, 1.807) is 0 Å². The quantitative estimate of drug-likeness (QED) is 0.377. The van der Waals surface area contributed by atoms with Crippen LogP contribution < -0.4 is 4.74 Å². The van der Waals surface area contributed by atoms with E-state index in [0.717, 1.165) is 18.2 Å². The molecule has 0 aromatic heterocycles. The number of hydrogen-bond donors (Lipinski definition) is 1. The molecule has 1 rings (SSSR count). The molecule has 0 aliphatic rings. The summed E-state index contributed by atoms with van der Waals surface area (Å²) in [6.45, 7) is 1.51. The van der Waals surface area contributed by atoms with Crippen molar-refractivity contribution in [3.63, 3.8) is 0 Å². The van der Waals surface area contributed by atoms with Crippen LogP contribution in [-0.2, 0) is 14.3 Å². The third-order valence-electron chi connectivity index (χ3n) is 2.37. The number of nitrogens with zero attached hydrogens (tertiary/aromatic N) is 1. The normalized spacial score (nSPS) is 12.3. The van der Waals surface area contributed by atoms with E-state index in [9.17, 15) is 14.0 Å². The number of hydrogen-bond acceptors (Lipinski definition) is 5. The van der Waals surface area contributed by atoms with E-state index < -0.39 is 17.9 Å². The molecule has 1 aromatic carbocycles. The van der Waals surface area contributed by atoms with Crippen molar-refractivity contribution in [2.45, 2.75) is 13.0 Å². The van der Waals surface area contributed by atoms with Crippen molar-refractivity contribution >= 4 is 29.3 Å². The van der Waals surface area contributed by atoms with Gasteiger partial charge in [-0.15, -0.1) is 0 Å². The monoisotopic (exact) mass is 315 g/mol. The van der Waals surface area contributed by atoms with Crippen LogP contribution in [0.2, 0.25) is 5.02 Å². The molecular formula is C13H11ClFNO5. The highest BCUT2D eigenvalue weighted by Crippen LogP contribution is 2.33. The number of carbonyl (C=O) groups excluding carboxylic acids is 1. The lowest BCUT2D eigenvalue weighted by Gasteiger charge is -2.17. The average Bonchev–Trinajstić information content (AvgIpc) is 2.41. The van der Waals surface area contributed by atoms with Crippen molar-refractivity contribution < 1.29 is 28.6 Å². The highest BCUT2D eigenvalue weighted by molar-refractivity contribution is 6.32. The molecule has 0 aliphatic heterocycles. The van der Waals surface area contributed by atoms with Gasteiger partial charge >= 0.3 is 5.97 Å². The molecule has 1 aromatic rings. The van der Waals surface area contributed by atoms with Crippen LogP contribution in [0.3, 0.4) is 0 Å². The average molecular weight is 316 g/mol. The van der Waals surface area contributed by atoms with Crippen molar-refractivity contribution in [2.75, 3.05) is 7.11 Å². The number of ether oxygens (including phenoxy) is 2. The maximum Gasteiger partial charge on any atom is 0.331 e. The Kier molecular flexibility index (Phi) is 5.90. The standard InChI is InChI=1S/C13H11ClFNO5/c1-7(11(20-2)5-13(18)19)21-12-4-10(16-6-17)9(15)3-8(12)14/h3-5,7H,1-2H3,(H,18,19)/b11-5-. The number of isocyanates is 1. The Balaban J connectivity index is 3.09. The summed E-state index contributed by atoms with van der Waals surface area (Å²) < 4.78 is 23.7. The molecule has 0 bridgehead atoms. The van der Waals surface area contributed by atoms with E-state index in [1.165, 1.54) is 20.1 Å². The van der Waals surface area contributed by atoms with E-state index in [4.69, 9.17) is 26.2 Å². The molecule has 0 saturated heterocycles. The fraction of sp³-hybridized carbons (Fsp3) is 0.231. The second kappa shape index (κ2) is 7.42. The highest BCUT2D eigenvalue weighted by Gasteiger charge is 2.16. The van der Waals surface area contributed by atoms with Gasteiger partial charge < -0.3 is 14.6 Å². The van der Waals surface area contributed by atoms with Gasteiger partial charge in [0.1, 0.15) is 17.2 Å². The lowest BCUT2D eigenvalue weighted by atomic mass is 10.2. The van der Waals surface area contributed by atoms with Gasteiger partial charge in [-0.05, 0) is 13.0 Å². The Bertz CT molecular complexity index is 625. The molecule has 0 spiro atoms. The van der Waals surface area contributed by atoms with Gasteiger partial charge in [0.25, 0.3) is 0 Å². The summed E-state index contributed by atoms with van der Waals surface area (Å²) >= 11 is 5.82. The first-order chi connectivity index (χ1) is 9.88. The van der Waals surface area contributed by atoms with Crippen LogP contribution in [0, 0.1) is 5.82 Å². The molecule has 8 heteroatoms. The van der Waals surface area contributed by atoms with Crippen LogP contribution in [0.5, 0.6) is 5.75 Å². The first kappa shape index (κ1) is 16.7. The molecule has 112 valence electrons. The lowest BCUT2D eigenvalue weighted by molar-refractivity contribution is -0.131. The smallest absolute Gasteiger partial charge is 0.331 e. The van der Waals surface area contributed by atoms with Crippen LogP contribution in [0.25, 0.3) is 0 Å². The number of carboxylic acids is 1. The molecule has 0 saturated carbocycles. The molecule has 1 unspecified atom stereocenters. The number of methoxy groups -OCH3 is 1. The van der Waals surface area contributed by atoms with Gasteiger partial charge in [-0.1, -0.05) is 11.6 Å². The molecule has 6 nitrogen and oxygen atoms in total. The minimum absolute atomic E-state index is 0.0212. The van der Waals surface area contributed by atoms with Crippen molar-refractivity contribution in [3.8, 4) is 5.75 Å². The van der Waals surface area contributed by atoms with Crippen molar-refractivity contribution in [3.05, 3.63) is 34.8 Å². The van der Waals surface area contributed by atoms with Crippen LogP contribution in [0.15, 0.2) is 29.0 Å². The van der Waals surface area contributed by atoms with Crippen molar-refractivity contribution in [1.29, 1.82) is 0 Å². The molecule has 0 fully saturated rings. The van der Waals surface area contributed by atoms with Crippen LogP contribution in [0.4, 0.5) is 10.1 Å². The molecule has 0 heterocycles. The Morgan fingerprint density at radius 2 is 2.24 bits per heavy atom. The maximum absolute atomic E-state index is 13.4. The zero-order chi connectivity index (χ0) is 16.0. The molecule has 0 amide bonds. The fourth-order valence-corrected chi connectivity index (χ4v) is 1.65. The number of halogens is 2. The number of carbonyl (C=O) groups is 1. The molecule has 1 N–H and O–H groups in total. The van der Waals surface area contributed by atoms with E-state index >= 15 is 0 Å². The van der Waals surface area contributed by atoms with E-state index in [2.05, 4.69) is 4.99 Å². The second-order valence-electron chi connectivity index (χ2n) is 3.79. The van der Waals surface area contributed by atoms with Crippen LogP contribution in [-0.4, -0.2) is 30.4 Å². The minimum atomic E-state index is -1.21. The summed E-state index contributed by atoms with van der Waals surface area (Å²) in [6.07, 6.45) is 1.23. The van der Waals surface area contributed by atoms with Gasteiger partial charge in [0.2, 0.25) is 6.08 Å². The third kappa shape index (κ3) is 4.59. The zero-order valence-corrected chi connectivity index (χ0v) is 11.8. The van der Waals surface area contributed by atoms with E-state index in [-0.39, 0.29) is 22.2 Å². The molecule has 1 atom stereocenters. The van der Waals surface area contributed by atoms with Crippen molar-refractivity contribution in [2.24, 2.45) is 4.99 Å². The predicted octanol–water partition coefficient (Wildman–Crippen LogP) is 2.83. The Morgan fingerprint density at radius 1 is 1.57 bits per heavy atom. The molecule has 21 heavy (non-hydrogen) atoms. The summed E-state index contributed by atoms with van der Waals surface area (Å²) in [5.74, 6) is -1.97. The first-order valence-electron chi connectivity index (χ1n) is 5.61. The maximum atomic E-state index is 13.4. The number of aliphatic carboxylic acids is 1. The summed E-state index contributed by atoms with van der Waals surface area (Å²) in [4.78, 5) is 24.0. The topological polar surface area (TPSA) is 85.2 Å². The largest absolute Gasteiger partial charge is 0.497 e. The van der Waals surface area contributed by atoms with Crippen molar-refractivity contribution in [1.82, 2.24) is 0 Å². The Labute approximate surface area is 124 Å². The zero-order valence-electron chi connectivity index (χ0n) is 11.1. The van der Waals surface area contributed by atoms with Gasteiger partial charge in [-0.25, -0.2) is 14.0 Å². The Hall–Kier alpha value is -2.37. The fourth-order valence-electron chi connectivity index (χ4n) is 1.46. The molecular weight excluding hydrogens is 305 g/mol. The predicted molar refractivity (Wildman–Crippen MR) is 72.0 cm³/mol. The minimum Gasteiger partial charge on any atom is -0.497 e. The van der Waals surface area contributed by atoms with Crippen LogP contribution >= 0.6 is 11.6 Å². The molecule has 0 aliphatic carbocycles. The number of aliphatic imine (C=N–C) groups is 1. The third-order valence-corrected chi connectivity index (χ3v) is 2.67. The van der Waals surface area contributed by atoms with Gasteiger partial charge in [0.15, 0.2) is 11.9 Å². The summed E-state index contributed by atoms with van der Waals surface area (Å²) in [6, 6.07) is 2.03. The van der Waals surface area contributed by atoms with Gasteiger partial charge in [0, 0.05) is 6.07 Å². The van der Waals surface area contributed by atoms with Gasteiger partial charge in [-0.2, -0.15) is 4.99 Å². The lowest BCUT2D eigenvalue weighted by Crippen LogP contribution is -2.17. The Morgan fingerprint density at radius 3 is 2.76 bits per heavy atom. The summed E-state index contributed by atoms with van der Waals surface area (Å²) in [7, 11) is 1.28. The summed E-state index contributed by atoms with van der Waals surface area (Å²) in [5, 5.41) is 8.63. The van der Waals surface area contributed by atoms with E-state index in [0.29, 0.717) is 0 Å². The van der Waals surface area contributed by atoms with E-state index in [1.807, 2.05) is 0 Å². The highest BCUT2D eigenvalue weighted by atomic mass is 35.5. The summed E-state index contributed by atoms with van der Waals surface area (Å²) in [5.41, 5.74) is -0.294. The van der Waals surface area contributed by atoms with Gasteiger partial charge in [0.05, 0.1) is 18.2 Å². The molecule has 0 radical (unpaired) electrons. The number of carboxylic acid groups (broad SMARTS) is 1. The van der Waals surface area contributed by atoms with Gasteiger partial charge in [-0.3, -0.25) is 0 Å². The number of rotatable bonds is 6. The SMILES string of the molecule is CO/C(=C\C(=O)O)C(C)Oc1cc(N=C=O)c(F)cc1Cl.